The molecule has 15 nitrogen and oxygen atoms in total. The Kier molecular flexibility index (Phi) is 10.9. The second kappa shape index (κ2) is 13.1. The number of hydrogen-bond donors (Lipinski definition) is 6. The number of ether oxygens (including phenoxy) is 4. The van der Waals surface area contributed by atoms with Gasteiger partial charge in [-0.25, -0.2) is 0 Å². The first kappa shape index (κ1) is 28.2. The van der Waals surface area contributed by atoms with Crippen molar-refractivity contribution >= 4 is 11.8 Å². The van der Waals surface area contributed by atoms with Crippen LogP contribution >= 0.6 is 0 Å². The number of methoxy groups -OCH3 is 1. The van der Waals surface area contributed by atoms with Crippen LogP contribution in [0.3, 0.4) is 0 Å². The highest BCUT2D eigenvalue weighted by atomic mass is 16.7. The summed E-state index contributed by atoms with van der Waals surface area (Å²) in [6.07, 6.45) is -11.5. The minimum Gasteiger partial charge on any atom is -0.394 e. The number of hydrogen-bond acceptors (Lipinski definition) is 11. The Labute approximate surface area is 195 Å². The van der Waals surface area contributed by atoms with Crippen LogP contribution in [0.1, 0.15) is 20.3 Å². The fourth-order valence-corrected chi connectivity index (χ4v) is 3.97. The Bertz CT molecular complexity index is 738. The maximum atomic E-state index is 12.7. The number of carbonyl (C=O) groups is 2. The zero-order valence-corrected chi connectivity index (χ0v) is 19.2. The molecule has 2 aliphatic heterocycles. The molecule has 0 aromatic rings. The summed E-state index contributed by atoms with van der Waals surface area (Å²) in [6.45, 7) is 2.64. The number of aliphatic hydroxyl groups is 4. The summed E-state index contributed by atoms with van der Waals surface area (Å²) in [7, 11) is 1.23. The molecule has 10 atom stereocenters. The minimum absolute atomic E-state index is 0.150. The fourth-order valence-electron chi connectivity index (χ4n) is 3.97. The molecule has 0 spiro atoms. The van der Waals surface area contributed by atoms with Crippen LogP contribution in [-0.4, -0.2) is 120 Å². The zero-order chi connectivity index (χ0) is 25.4. The summed E-state index contributed by atoms with van der Waals surface area (Å²) >= 11 is 0. The van der Waals surface area contributed by atoms with Gasteiger partial charge in [0.25, 0.3) is 5.91 Å². The highest BCUT2D eigenvalue weighted by molar-refractivity contribution is 5.81. The summed E-state index contributed by atoms with van der Waals surface area (Å²) < 4.78 is 22.1. The highest BCUT2D eigenvalue weighted by Crippen LogP contribution is 2.30. The van der Waals surface area contributed by atoms with Crippen molar-refractivity contribution in [3.63, 3.8) is 0 Å². The van der Waals surface area contributed by atoms with E-state index >= 15 is 0 Å². The second-order valence-corrected chi connectivity index (χ2v) is 8.09. The van der Waals surface area contributed by atoms with Crippen LogP contribution in [0, 0.1) is 0 Å². The molecule has 2 heterocycles. The molecule has 0 bridgehead atoms. The topological polar surface area (TPSA) is 225 Å². The first-order chi connectivity index (χ1) is 16.2. The predicted molar refractivity (Wildman–Crippen MR) is 113 cm³/mol. The average molecular weight is 491 g/mol. The smallest absolute Gasteiger partial charge is 0.252 e. The van der Waals surface area contributed by atoms with E-state index in [-0.39, 0.29) is 13.1 Å². The van der Waals surface area contributed by atoms with Crippen LogP contribution < -0.4 is 10.6 Å². The van der Waals surface area contributed by atoms with Crippen molar-refractivity contribution in [3.8, 4) is 0 Å². The third-order valence-corrected chi connectivity index (χ3v) is 5.68. The molecule has 0 aliphatic carbocycles. The molecule has 2 rings (SSSR count). The third kappa shape index (κ3) is 6.75. The molecule has 6 N–H and O–H groups in total. The lowest BCUT2D eigenvalue weighted by molar-refractivity contribution is -0.325. The van der Waals surface area contributed by atoms with Gasteiger partial charge in [-0.15, -0.1) is 0 Å². The zero-order valence-electron chi connectivity index (χ0n) is 19.2. The molecule has 2 fully saturated rings. The van der Waals surface area contributed by atoms with Gasteiger partial charge in [-0.2, -0.15) is 0 Å². The first-order valence-electron chi connectivity index (χ1n) is 10.9. The number of nitrogens with zero attached hydrogens (tertiary/aromatic N) is 3. The molecule has 0 radical (unpaired) electrons. The van der Waals surface area contributed by atoms with Gasteiger partial charge in [0.05, 0.1) is 18.8 Å². The maximum absolute atomic E-state index is 12.7. The molecular weight excluding hydrogens is 458 g/mol. The van der Waals surface area contributed by atoms with Gasteiger partial charge >= 0.3 is 0 Å². The molecule has 2 saturated heterocycles. The highest BCUT2D eigenvalue weighted by Gasteiger charge is 2.52. The van der Waals surface area contributed by atoms with Crippen molar-refractivity contribution in [2.75, 3.05) is 26.8 Å². The fraction of sp³-hybridized carbons (Fsp3) is 0.895. The van der Waals surface area contributed by atoms with Gasteiger partial charge in [0.15, 0.2) is 12.4 Å². The van der Waals surface area contributed by atoms with Crippen molar-refractivity contribution in [3.05, 3.63) is 10.4 Å². The number of nitrogens with one attached hydrogen (secondary N) is 2. The molecular formula is C19H33N5O10. The predicted octanol–water partition coefficient (Wildman–Crippen LogP) is -2.70. The number of aliphatic hydroxyl groups excluding tert-OH is 4. The van der Waals surface area contributed by atoms with Crippen LogP contribution in [-0.2, 0) is 28.5 Å². The SMILES string of the molecule is CO[C@@H]1C(C(=O)NCCCN=[N+]=[N-])O[C@@H](O[C@H]2C(O)C(CO)O[C@@H](C)C2NC(C)=O)C(O)[C@H]1O. The number of azide groups is 1. The molecule has 15 heteroatoms. The largest absolute Gasteiger partial charge is 0.394 e. The maximum Gasteiger partial charge on any atom is 0.252 e. The summed E-state index contributed by atoms with van der Waals surface area (Å²) in [6, 6.07) is -0.892. The Morgan fingerprint density at radius 1 is 1.15 bits per heavy atom. The van der Waals surface area contributed by atoms with E-state index in [0.717, 1.165) is 0 Å². The van der Waals surface area contributed by atoms with E-state index in [2.05, 4.69) is 20.7 Å². The van der Waals surface area contributed by atoms with Gasteiger partial charge in [-0.05, 0) is 18.9 Å². The van der Waals surface area contributed by atoms with Crippen LogP contribution in [0.5, 0.6) is 0 Å². The third-order valence-electron chi connectivity index (χ3n) is 5.68. The quantitative estimate of drug-likeness (QED) is 0.0802. The van der Waals surface area contributed by atoms with Gasteiger partial charge < -0.3 is 50.0 Å². The van der Waals surface area contributed by atoms with Gasteiger partial charge in [0, 0.05) is 32.0 Å². The van der Waals surface area contributed by atoms with Crippen molar-refractivity contribution in [1.82, 2.24) is 10.6 Å². The van der Waals surface area contributed by atoms with E-state index in [0.29, 0.717) is 6.42 Å². The Balaban J connectivity index is 2.19. The Morgan fingerprint density at radius 3 is 2.44 bits per heavy atom. The molecule has 2 aliphatic rings. The molecule has 5 unspecified atom stereocenters. The second-order valence-electron chi connectivity index (χ2n) is 8.09. The normalized spacial score (nSPS) is 38.0. The van der Waals surface area contributed by atoms with E-state index in [9.17, 15) is 30.0 Å². The van der Waals surface area contributed by atoms with Gasteiger partial charge in [-0.3, -0.25) is 9.59 Å². The van der Waals surface area contributed by atoms with Crippen LogP contribution in [0.25, 0.3) is 10.4 Å². The van der Waals surface area contributed by atoms with E-state index in [1.165, 1.54) is 14.0 Å². The standard InChI is InChI=1S/C19H33N5O10/c1-8-11(23-9(2)26)15(12(27)10(7-25)32-8)33-19-14(29)13(28)16(31-3)17(34-19)18(30)21-5-4-6-22-24-20/h8,10-17,19,25,27-29H,4-7H2,1-3H3,(H,21,30)(H,23,26)/t8-,10?,11?,12?,13+,14?,15+,16-,17?,19+/m0/s1. The lowest BCUT2D eigenvalue weighted by Gasteiger charge is -2.47. The molecule has 0 aromatic carbocycles. The monoisotopic (exact) mass is 491 g/mol. The lowest BCUT2D eigenvalue weighted by Crippen LogP contribution is -2.68. The average Bonchev–Trinajstić information content (AvgIpc) is 2.80. The van der Waals surface area contributed by atoms with Crippen LogP contribution in [0.4, 0.5) is 0 Å². The molecule has 0 aromatic heterocycles. The number of carbonyl (C=O) groups excluding carboxylic acids is 2. The van der Waals surface area contributed by atoms with Crippen LogP contribution in [0.2, 0.25) is 0 Å². The molecule has 194 valence electrons. The Morgan fingerprint density at radius 2 is 1.85 bits per heavy atom. The van der Waals surface area contributed by atoms with Gasteiger partial charge in [0.2, 0.25) is 5.91 Å². The molecule has 2 amide bonds. The Hall–Kier alpha value is -2.07. The van der Waals surface area contributed by atoms with Crippen molar-refractivity contribution in [2.45, 2.75) is 81.4 Å². The van der Waals surface area contributed by atoms with Crippen LogP contribution in [0.15, 0.2) is 5.11 Å². The van der Waals surface area contributed by atoms with E-state index in [1.807, 2.05) is 0 Å². The van der Waals surface area contributed by atoms with Crippen molar-refractivity contribution < 1.29 is 49.0 Å². The summed E-state index contributed by atoms with van der Waals surface area (Å²) in [5, 5.41) is 49.9. The van der Waals surface area contributed by atoms with Crippen molar-refractivity contribution in [1.29, 1.82) is 0 Å². The first-order valence-corrected chi connectivity index (χ1v) is 10.9. The van der Waals surface area contributed by atoms with E-state index in [1.54, 1.807) is 6.92 Å². The van der Waals surface area contributed by atoms with Crippen molar-refractivity contribution in [2.24, 2.45) is 5.11 Å². The summed E-state index contributed by atoms with van der Waals surface area (Å²) in [5.74, 6) is -1.11. The van der Waals surface area contributed by atoms with Gasteiger partial charge in [-0.1, -0.05) is 5.11 Å². The summed E-state index contributed by atoms with van der Waals surface area (Å²) in [5.41, 5.74) is 8.30. The number of amides is 2. The lowest BCUT2D eigenvalue weighted by atomic mass is 9.92. The number of rotatable bonds is 10. The summed E-state index contributed by atoms with van der Waals surface area (Å²) in [4.78, 5) is 27.0. The van der Waals surface area contributed by atoms with Gasteiger partial charge in [0.1, 0.15) is 36.6 Å². The minimum atomic E-state index is -1.67. The van der Waals surface area contributed by atoms with E-state index < -0.39 is 79.6 Å². The molecule has 0 saturated carbocycles. The van der Waals surface area contributed by atoms with E-state index in [4.69, 9.17) is 24.5 Å². The molecule has 34 heavy (non-hydrogen) atoms.